The minimum absolute atomic E-state index is 0.158. The first-order valence-corrected chi connectivity index (χ1v) is 6.93. The van der Waals surface area contributed by atoms with Crippen molar-refractivity contribution in [1.82, 2.24) is 5.32 Å². The maximum atomic E-state index is 12.2. The highest BCUT2D eigenvalue weighted by molar-refractivity contribution is 5.29. The lowest BCUT2D eigenvalue weighted by molar-refractivity contribution is -0.149. The first-order chi connectivity index (χ1) is 9.87. The molecule has 0 amide bonds. The molecule has 0 radical (unpaired) electrons. The molecule has 0 bridgehead atoms. The predicted molar refractivity (Wildman–Crippen MR) is 75.5 cm³/mol. The molecule has 1 aromatic carbocycles. The van der Waals surface area contributed by atoms with Crippen molar-refractivity contribution in [2.45, 2.75) is 38.6 Å². The van der Waals surface area contributed by atoms with E-state index in [1.807, 2.05) is 31.2 Å². The fourth-order valence-electron chi connectivity index (χ4n) is 2.04. The summed E-state index contributed by atoms with van der Waals surface area (Å²) in [6, 6.07) is 7.25. The second-order valence-electron chi connectivity index (χ2n) is 4.75. The number of benzene rings is 1. The summed E-state index contributed by atoms with van der Waals surface area (Å²) < 4.78 is 46.9. The van der Waals surface area contributed by atoms with Gasteiger partial charge >= 0.3 is 6.18 Å². The van der Waals surface area contributed by atoms with Crippen LogP contribution in [0.1, 0.15) is 31.9 Å². The Morgan fingerprint density at radius 3 is 2.29 bits per heavy atom. The van der Waals surface area contributed by atoms with Crippen LogP contribution in [0.15, 0.2) is 24.3 Å². The predicted octanol–water partition coefficient (Wildman–Crippen LogP) is 3.70. The van der Waals surface area contributed by atoms with Crippen molar-refractivity contribution in [2.24, 2.45) is 0 Å². The van der Waals surface area contributed by atoms with Crippen molar-refractivity contribution in [3.63, 3.8) is 0 Å². The molecular weight excluding hydrogens is 283 g/mol. The lowest BCUT2D eigenvalue weighted by atomic mass is 10.0. The van der Waals surface area contributed by atoms with Crippen LogP contribution in [0.25, 0.3) is 0 Å². The average molecular weight is 305 g/mol. The van der Waals surface area contributed by atoms with Crippen LogP contribution in [0.4, 0.5) is 13.2 Å². The molecule has 3 nitrogen and oxygen atoms in total. The van der Waals surface area contributed by atoms with E-state index in [1.54, 1.807) is 14.0 Å². The van der Waals surface area contributed by atoms with E-state index in [0.717, 1.165) is 11.3 Å². The van der Waals surface area contributed by atoms with E-state index in [2.05, 4.69) is 5.32 Å². The second kappa shape index (κ2) is 8.24. The largest absolute Gasteiger partial charge is 0.497 e. The van der Waals surface area contributed by atoms with Gasteiger partial charge in [0.05, 0.1) is 32.3 Å². The minimum atomic E-state index is -4.19. The van der Waals surface area contributed by atoms with Crippen molar-refractivity contribution in [2.75, 3.05) is 20.3 Å². The zero-order chi connectivity index (χ0) is 15.9. The molecule has 1 rings (SSSR count). The Kier molecular flexibility index (Phi) is 6.98. The molecule has 0 saturated carbocycles. The normalized spacial score (nSPS) is 14.8. The fourth-order valence-corrected chi connectivity index (χ4v) is 2.04. The van der Waals surface area contributed by atoms with Crippen molar-refractivity contribution in [3.05, 3.63) is 29.8 Å². The van der Waals surface area contributed by atoms with Gasteiger partial charge in [-0.05, 0) is 31.2 Å². The van der Waals surface area contributed by atoms with Crippen molar-refractivity contribution >= 4 is 0 Å². The van der Waals surface area contributed by atoms with Gasteiger partial charge in [-0.2, -0.15) is 13.2 Å². The zero-order valence-electron chi connectivity index (χ0n) is 12.5. The smallest absolute Gasteiger partial charge is 0.391 e. The molecule has 0 aliphatic heterocycles. The van der Waals surface area contributed by atoms with Crippen LogP contribution in [0.3, 0.4) is 0 Å². The molecule has 0 aliphatic carbocycles. The lowest BCUT2D eigenvalue weighted by Crippen LogP contribution is -2.32. The molecular formula is C15H22F3NO2. The molecule has 0 spiro atoms. The first-order valence-electron chi connectivity index (χ1n) is 6.93. The summed E-state index contributed by atoms with van der Waals surface area (Å²) in [5.74, 6) is 0.736. The molecule has 1 N–H and O–H groups in total. The third kappa shape index (κ3) is 6.35. The molecule has 0 aliphatic rings. The first kappa shape index (κ1) is 17.8. The summed E-state index contributed by atoms with van der Waals surface area (Å²) in [6.45, 7) is 4.08. The third-order valence-corrected chi connectivity index (χ3v) is 3.13. The van der Waals surface area contributed by atoms with E-state index in [0.29, 0.717) is 6.54 Å². The number of nitrogens with one attached hydrogen (secondary N) is 1. The number of hydrogen-bond donors (Lipinski definition) is 1. The van der Waals surface area contributed by atoms with Gasteiger partial charge in [-0.25, -0.2) is 0 Å². The maximum Gasteiger partial charge on any atom is 0.391 e. The number of halogens is 3. The van der Waals surface area contributed by atoms with E-state index in [4.69, 9.17) is 9.47 Å². The van der Waals surface area contributed by atoms with Gasteiger partial charge in [0.2, 0.25) is 0 Å². The van der Waals surface area contributed by atoms with Crippen LogP contribution < -0.4 is 10.1 Å². The van der Waals surface area contributed by atoms with Gasteiger partial charge in [-0.3, -0.25) is 0 Å². The van der Waals surface area contributed by atoms with Crippen molar-refractivity contribution in [3.8, 4) is 5.75 Å². The van der Waals surface area contributed by atoms with Gasteiger partial charge in [0, 0.05) is 0 Å². The molecule has 1 aromatic rings. The van der Waals surface area contributed by atoms with E-state index >= 15 is 0 Å². The minimum Gasteiger partial charge on any atom is -0.497 e. The van der Waals surface area contributed by atoms with Crippen LogP contribution >= 0.6 is 0 Å². The molecule has 0 aromatic heterocycles. The molecule has 6 heteroatoms. The van der Waals surface area contributed by atoms with Crippen LogP contribution in [-0.2, 0) is 4.74 Å². The topological polar surface area (TPSA) is 30.5 Å². The molecule has 0 heterocycles. The highest BCUT2D eigenvalue weighted by Crippen LogP contribution is 2.24. The second-order valence-corrected chi connectivity index (χ2v) is 4.75. The quantitative estimate of drug-likeness (QED) is 0.794. The molecule has 2 unspecified atom stereocenters. The highest BCUT2D eigenvalue weighted by atomic mass is 19.4. The van der Waals surface area contributed by atoms with Crippen LogP contribution in [0.2, 0.25) is 0 Å². The SMILES string of the molecule is CCNC(c1ccc(OC)cc1)C(C)OCCC(F)(F)F. The summed E-state index contributed by atoms with van der Waals surface area (Å²) in [5.41, 5.74) is 0.956. The number of ether oxygens (including phenoxy) is 2. The molecule has 21 heavy (non-hydrogen) atoms. The summed E-state index contributed by atoms with van der Waals surface area (Å²) in [7, 11) is 1.58. The van der Waals surface area contributed by atoms with Gasteiger partial charge in [-0.1, -0.05) is 19.1 Å². The monoisotopic (exact) mass is 305 g/mol. The molecule has 120 valence electrons. The third-order valence-electron chi connectivity index (χ3n) is 3.13. The number of methoxy groups -OCH3 is 1. The van der Waals surface area contributed by atoms with Gasteiger partial charge < -0.3 is 14.8 Å². The van der Waals surface area contributed by atoms with Crippen LogP contribution in [0.5, 0.6) is 5.75 Å². The summed E-state index contributed by atoms with van der Waals surface area (Å²) in [5, 5.41) is 3.24. The van der Waals surface area contributed by atoms with Crippen LogP contribution in [0, 0.1) is 0 Å². The van der Waals surface area contributed by atoms with Gasteiger partial charge in [-0.15, -0.1) is 0 Å². The highest BCUT2D eigenvalue weighted by Gasteiger charge is 2.28. The standard InChI is InChI=1S/C15H22F3NO2/c1-4-19-14(11(2)21-10-9-15(16,17)18)12-5-7-13(20-3)8-6-12/h5-8,11,14,19H,4,9-10H2,1-3H3. The van der Waals surface area contributed by atoms with Crippen molar-refractivity contribution in [1.29, 1.82) is 0 Å². The van der Waals surface area contributed by atoms with E-state index in [1.165, 1.54) is 0 Å². The Balaban J connectivity index is 2.66. The van der Waals surface area contributed by atoms with Gasteiger partial charge in [0.25, 0.3) is 0 Å². The number of alkyl halides is 3. The number of likely N-dealkylation sites (N-methyl/N-ethyl adjacent to an activating group) is 1. The molecule has 2 atom stereocenters. The van der Waals surface area contributed by atoms with Gasteiger partial charge in [0.1, 0.15) is 5.75 Å². The number of hydrogen-bond acceptors (Lipinski definition) is 3. The Labute approximate surface area is 123 Å². The Bertz CT molecular complexity index is 406. The summed E-state index contributed by atoms with van der Waals surface area (Å²) in [4.78, 5) is 0. The summed E-state index contributed by atoms with van der Waals surface area (Å²) >= 11 is 0. The Morgan fingerprint density at radius 2 is 1.81 bits per heavy atom. The Morgan fingerprint density at radius 1 is 1.19 bits per heavy atom. The van der Waals surface area contributed by atoms with Gasteiger partial charge in [0.15, 0.2) is 0 Å². The zero-order valence-corrected chi connectivity index (χ0v) is 12.5. The van der Waals surface area contributed by atoms with Crippen LogP contribution in [-0.4, -0.2) is 32.5 Å². The lowest BCUT2D eigenvalue weighted by Gasteiger charge is -2.26. The fraction of sp³-hybridized carbons (Fsp3) is 0.600. The van der Waals surface area contributed by atoms with E-state index in [-0.39, 0.29) is 18.8 Å². The summed E-state index contributed by atoms with van der Waals surface area (Å²) in [6.07, 6.45) is -5.48. The van der Waals surface area contributed by atoms with E-state index < -0.39 is 12.6 Å². The maximum absolute atomic E-state index is 12.2. The average Bonchev–Trinajstić information content (AvgIpc) is 2.43. The molecule has 0 fully saturated rings. The van der Waals surface area contributed by atoms with Crippen molar-refractivity contribution < 1.29 is 22.6 Å². The Hall–Kier alpha value is -1.27. The van der Waals surface area contributed by atoms with E-state index in [9.17, 15) is 13.2 Å². The number of rotatable bonds is 8. The molecule has 0 saturated heterocycles.